The molecule has 1 N–H and O–H groups in total. The molecule has 1 unspecified atom stereocenters. The van der Waals surface area contributed by atoms with Crippen LogP contribution in [0.5, 0.6) is 0 Å². The molecule has 1 heterocycles. The molecule has 88 valence electrons. The maximum absolute atomic E-state index is 12.0. The largest absolute Gasteiger partial charge is 0.459 e. The maximum Gasteiger partial charge on any atom is 0.326 e. The van der Waals surface area contributed by atoms with Gasteiger partial charge in [-0.1, -0.05) is 12.8 Å². The molecular weight excluding hydrogens is 190 g/mol. The standard InChI is InChI=1S/C12H23NO2/c1-11(2,3)15-10(14)12(4)8-6-5-7-9-13-12/h13H,5-9H2,1-4H3. The van der Waals surface area contributed by atoms with Crippen molar-refractivity contribution in [1.82, 2.24) is 5.32 Å². The monoisotopic (exact) mass is 213 g/mol. The number of ether oxygens (including phenoxy) is 1. The molecule has 3 nitrogen and oxygen atoms in total. The summed E-state index contributed by atoms with van der Waals surface area (Å²) in [6.07, 6.45) is 4.33. The zero-order valence-electron chi connectivity index (χ0n) is 10.4. The quantitative estimate of drug-likeness (QED) is 0.679. The fourth-order valence-corrected chi connectivity index (χ4v) is 1.80. The Morgan fingerprint density at radius 3 is 2.53 bits per heavy atom. The van der Waals surface area contributed by atoms with Gasteiger partial charge in [-0.25, -0.2) is 0 Å². The zero-order chi connectivity index (χ0) is 11.5. The summed E-state index contributed by atoms with van der Waals surface area (Å²) in [5, 5.41) is 3.31. The van der Waals surface area contributed by atoms with E-state index in [0.717, 1.165) is 25.8 Å². The van der Waals surface area contributed by atoms with Gasteiger partial charge in [0.1, 0.15) is 11.1 Å². The van der Waals surface area contributed by atoms with Crippen molar-refractivity contribution in [2.24, 2.45) is 0 Å². The molecule has 0 saturated carbocycles. The summed E-state index contributed by atoms with van der Waals surface area (Å²) in [6.45, 7) is 8.59. The molecule has 1 aliphatic rings. The molecule has 0 amide bonds. The van der Waals surface area contributed by atoms with Gasteiger partial charge in [-0.15, -0.1) is 0 Å². The summed E-state index contributed by atoms with van der Waals surface area (Å²) >= 11 is 0. The minimum Gasteiger partial charge on any atom is -0.459 e. The van der Waals surface area contributed by atoms with E-state index < -0.39 is 11.1 Å². The van der Waals surface area contributed by atoms with E-state index in [1.807, 2.05) is 27.7 Å². The Morgan fingerprint density at radius 1 is 1.27 bits per heavy atom. The van der Waals surface area contributed by atoms with E-state index in [-0.39, 0.29) is 5.97 Å². The topological polar surface area (TPSA) is 38.3 Å². The van der Waals surface area contributed by atoms with Gasteiger partial charge in [-0.3, -0.25) is 4.79 Å². The van der Waals surface area contributed by atoms with Gasteiger partial charge >= 0.3 is 5.97 Å². The summed E-state index contributed by atoms with van der Waals surface area (Å²) in [4.78, 5) is 12.0. The molecule has 1 saturated heterocycles. The van der Waals surface area contributed by atoms with Gasteiger partial charge in [0.25, 0.3) is 0 Å². The first-order valence-corrected chi connectivity index (χ1v) is 5.82. The molecule has 0 bridgehead atoms. The first kappa shape index (κ1) is 12.5. The van der Waals surface area contributed by atoms with Crippen molar-refractivity contribution in [3.05, 3.63) is 0 Å². The van der Waals surface area contributed by atoms with Crippen molar-refractivity contribution in [3.63, 3.8) is 0 Å². The highest BCUT2D eigenvalue weighted by Crippen LogP contribution is 2.22. The van der Waals surface area contributed by atoms with Crippen LogP contribution in [0.25, 0.3) is 0 Å². The summed E-state index contributed by atoms with van der Waals surface area (Å²) in [7, 11) is 0. The van der Waals surface area contributed by atoms with Crippen LogP contribution in [0.3, 0.4) is 0 Å². The van der Waals surface area contributed by atoms with E-state index in [1.165, 1.54) is 6.42 Å². The third-order valence-corrected chi connectivity index (χ3v) is 2.72. The predicted molar refractivity (Wildman–Crippen MR) is 60.7 cm³/mol. The van der Waals surface area contributed by atoms with Crippen LogP contribution in [-0.2, 0) is 9.53 Å². The maximum atomic E-state index is 12.0. The van der Waals surface area contributed by atoms with E-state index in [2.05, 4.69) is 5.32 Å². The number of hydrogen-bond donors (Lipinski definition) is 1. The molecule has 1 atom stereocenters. The van der Waals surface area contributed by atoms with Crippen molar-refractivity contribution in [1.29, 1.82) is 0 Å². The van der Waals surface area contributed by atoms with Crippen molar-refractivity contribution >= 4 is 5.97 Å². The Morgan fingerprint density at radius 2 is 1.93 bits per heavy atom. The van der Waals surface area contributed by atoms with Crippen molar-refractivity contribution in [2.45, 2.75) is 64.5 Å². The number of hydrogen-bond acceptors (Lipinski definition) is 3. The second-order valence-corrected chi connectivity index (χ2v) is 5.57. The predicted octanol–water partition coefficient (Wildman–Crippen LogP) is 2.25. The summed E-state index contributed by atoms with van der Waals surface area (Å²) in [5.41, 5.74) is -0.877. The lowest BCUT2D eigenvalue weighted by molar-refractivity contribution is -0.162. The average molecular weight is 213 g/mol. The molecule has 0 spiro atoms. The van der Waals surface area contributed by atoms with Crippen LogP contribution >= 0.6 is 0 Å². The number of rotatable bonds is 1. The zero-order valence-corrected chi connectivity index (χ0v) is 10.4. The lowest BCUT2D eigenvalue weighted by atomic mass is 9.96. The molecule has 0 aromatic carbocycles. The van der Waals surface area contributed by atoms with Crippen LogP contribution in [0.2, 0.25) is 0 Å². The molecule has 0 aromatic rings. The van der Waals surface area contributed by atoms with Gasteiger partial charge in [-0.05, 0) is 47.1 Å². The molecule has 0 aromatic heterocycles. The molecule has 0 radical (unpaired) electrons. The SMILES string of the molecule is CC(C)(C)OC(=O)C1(C)CCCCCN1. The molecule has 1 rings (SSSR count). The third-order valence-electron chi connectivity index (χ3n) is 2.72. The molecule has 15 heavy (non-hydrogen) atoms. The Balaban J connectivity index is 2.62. The van der Waals surface area contributed by atoms with Crippen molar-refractivity contribution in [3.8, 4) is 0 Å². The Kier molecular flexibility index (Phi) is 3.77. The van der Waals surface area contributed by atoms with E-state index in [4.69, 9.17) is 4.74 Å². The van der Waals surface area contributed by atoms with Crippen LogP contribution in [0, 0.1) is 0 Å². The summed E-state index contributed by atoms with van der Waals surface area (Å²) < 4.78 is 5.43. The van der Waals surface area contributed by atoms with Crippen LogP contribution in [0.15, 0.2) is 0 Å². The van der Waals surface area contributed by atoms with Crippen LogP contribution in [0.1, 0.15) is 53.4 Å². The van der Waals surface area contributed by atoms with Crippen molar-refractivity contribution < 1.29 is 9.53 Å². The highest BCUT2D eigenvalue weighted by Gasteiger charge is 2.36. The number of esters is 1. The van der Waals surface area contributed by atoms with E-state index in [0.29, 0.717) is 0 Å². The first-order chi connectivity index (χ1) is 6.83. The van der Waals surface area contributed by atoms with Gasteiger partial charge < -0.3 is 10.1 Å². The van der Waals surface area contributed by atoms with Crippen molar-refractivity contribution in [2.75, 3.05) is 6.54 Å². The van der Waals surface area contributed by atoms with E-state index in [9.17, 15) is 4.79 Å². The Bertz CT molecular complexity index is 222. The van der Waals surface area contributed by atoms with Gasteiger partial charge in [0.15, 0.2) is 0 Å². The fraction of sp³-hybridized carbons (Fsp3) is 0.917. The number of nitrogens with one attached hydrogen (secondary N) is 1. The van der Waals surface area contributed by atoms with E-state index >= 15 is 0 Å². The smallest absolute Gasteiger partial charge is 0.326 e. The highest BCUT2D eigenvalue weighted by molar-refractivity contribution is 5.80. The summed E-state index contributed by atoms with van der Waals surface area (Å²) in [6, 6.07) is 0. The van der Waals surface area contributed by atoms with Gasteiger partial charge in [0.05, 0.1) is 0 Å². The molecule has 1 aliphatic heterocycles. The minimum absolute atomic E-state index is 0.114. The third kappa shape index (κ3) is 3.82. The van der Waals surface area contributed by atoms with E-state index in [1.54, 1.807) is 0 Å². The minimum atomic E-state index is -0.482. The lowest BCUT2D eigenvalue weighted by Crippen LogP contribution is -2.51. The van der Waals surface area contributed by atoms with Crippen LogP contribution < -0.4 is 5.32 Å². The number of carbonyl (C=O) groups is 1. The number of carbonyl (C=O) groups excluding carboxylic acids is 1. The average Bonchev–Trinajstić information content (AvgIpc) is 2.28. The normalized spacial score (nSPS) is 28.3. The van der Waals surface area contributed by atoms with Crippen LogP contribution in [-0.4, -0.2) is 23.7 Å². The first-order valence-electron chi connectivity index (χ1n) is 5.82. The molecule has 0 aliphatic carbocycles. The Hall–Kier alpha value is -0.570. The fourth-order valence-electron chi connectivity index (χ4n) is 1.80. The van der Waals surface area contributed by atoms with Gasteiger partial charge in [0, 0.05) is 0 Å². The van der Waals surface area contributed by atoms with Gasteiger partial charge in [-0.2, -0.15) is 0 Å². The lowest BCUT2D eigenvalue weighted by Gasteiger charge is -2.31. The molecule has 1 fully saturated rings. The second-order valence-electron chi connectivity index (χ2n) is 5.57. The highest BCUT2D eigenvalue weighted by atomic mass is 16.6. The van der Waals surface area contributed by atoms with Crippen LogP contribution in [0.4, 0.5) is 0 Å². The molecule has 3 heteroatoms. The Labute approximate surface area is 92.6 Å². The van der Waals surface area contributed by atoms with Gasteiger partial charge in [0.2, 0.25) is 0 Å². The summed E-state index contributed by atoms with van der Waals surface area (Å²) in [5.74, 6) is -0.114. The second kappa shape index (κ2) is 4.52. The molecular formula is C12H23NO2.